The third kappa shape index (κ3) is 4.99. The van der Waals surface area contributed by atoms with Crippen molar-refractivity contribution in [3.05, 3.63) is 95.3 Å². The van der Waals surface area contributed by atoms with Crippen LogP contribution in [0.25, 0.3) is 0 Å². The Labute approximate surface area is 166 Å². The molecule has 0 aliphatic rings. The van der Waals surface area contributed by atoms with Gasteiger partial charge in [0.05, 0.1) is 13.2 Å². The van der Waals surface area contributed by atoms with Gasteiger partial charge in [-0.1, -0.05) is 56.3 Å². The van der Waals surface area contributed by atoms with E-state index in [4.69, 9.17) is 9.47 Å². The first-order chi connectivity index (χ1) is 13.5. The van der Waals surface area contributed by atoms with Crippen molar-refractivity contribution >= 4 is 0 Å². The lowest BCUT2D eigenvalue weighted by molar-refractivity contribution is 0.0746. The second-order valence-corrected chi connectivity index (χ2v) is 7.43. The lowest BCUT2D eigenvalue weighted by Gasteiger charge is -2.29. The Kier molecular flexibility index (Phi) is 6.48. The number of rotatable bonds is 8. The van der Waals surface area contributed by atoms with Gasteiger partial charge in [0, 0.05) is 5.41 Å². The summed E-state index contributed by atoms with van der Waals surface area (Å²) in [5.74, 6) is 1.43. The highest BCUT2D eigenvalue weighted by molar-refractivity contribution is 5.34. The highest BCUT2D eigenvalue weighted by atomic mass is 19.1. The van der Waals surface area contributed by atoms with Crippen molar-refractivity contribution in [1.82, 2.24) is 0 Å². The maximum Gasteiger partial charge on any atom is 0.127 e. The molecule has 1 atom stereocenters. The minimum absolute atomic E-state index is 0.156. The Bertz CT molecular complexity index is 907. The van der Waals surface area contributed by atoms with Gasteiger partial charge in [0.1, 0.15) is 17.3 Å². The summed E-state index contributed by atoms with van der Waals surface area (Å²) in [4.78, 5) is 0. The van der Waals surface area contributed by atoms with Gasteiger partial charge in [-0.15, -0.1) is 0 Å². The second kappa shape index (κ2) is 9.03. The average Bonchev–Trinajstić information content (AvgIpc) is 2.71. The first-order valence-corrected chi connectivity index (χ1v) is 9.66. The molecule has 0 amide bonds. The summed E-state index contributed by atoms with van der Waals surface area (Å²) >= 11 is 0. The maximum absolute atomic E-state index is 13.6. The molecule has 0 radical (unpaired) electrons. The summed E-state index contributed by atoms with van der Waals surface area (Å²) in [6.07, 6.45) is 0.912. The van der Waals surface area contributed by atoms with Crippen molar-refractivity contribution in [3.63, 3.8) is 0 Å². The van der Waals surface area contributed by atoms with Gasteiger partial charge in [0.25, 0.3) is 0 Å². The van der Waals surface area contributed by atoms with E-state index >= 15 is 0 Å². The van der Waals surface area contributed by atoms with E-state index in [1.54, 1.807) is 13.0 Å². The van der Waals surface area contributed by atoms with E-state index in [-0.39, 0.29) is 11.2 Å². The number of halogens is 1. The molecule has 0 spiro atoms. The molecule has 146 valence electrons. The fraction of sp³-hybridized carbons (Fsp3) is 0.280. The Hall–Kier alpha value is -2.65. The molecule has 0 bridgehead atoms. The minimum atomic E-state index is -0.168. The predicted molar refractivity (Wildman–Crippen MR) is 111 cm³/mol. The molecule has 2 nitrogen and oxygen atoms in total. The smallest absolute Gasteiger partial charge is 0.127 e. The van der Waals surface area contributed by atoms with Crippen LogP contribution < -0.4 is 4.74 Å². The zero-order chi connectivity index (χ0) is 20.0. The molecule has 1 unspecified atom stereocenters. The molecule has 0 heterocycles. The summed E-state index contributed by atoms with van der Waals surface area (Å²) in [6, 6.07) is 23.0. The van der Waals surface area contributed by atoms with Gasteiger partial charge in [-0.2, -0.15) is 0 Å². The molecule has 0 N–H and O–H groups in total. The van der Waals surface area contributed by atoms with Gasteiger partial charge < -0.3 is 9.47 Å². The van der Waals surface area contributed by atoms with Crippen LogP contribution in [0.1, 0.15) is 37.0 Å². The van der Waals surface area contributed by atoms with Gasteiger partial charge >= 0.3 is 0 Å². The van der Waals surface area contributed by atoms with Crippen LogP contribution in [-0.4, -0.2) is 6.61 Å². The number of para-hydroxylation sites is 1. The zero-order valence-electron chi connectivity index (χ0n) is 16.7. The predicted octanol–water partition coefficient (Wildman–Crippen LogP) is 6.81. The van der Waals surface area contributed by atoms with E-state index in [9.17, 15) is 4.39 Å². The summed E-state index contributed by atoms with van der Waals surface area (Å²) in [5, 5.41) is 0. The van der Waals surface area contributed by atoms with Gasteiger partial charge in [-0.25, -0.2) is 4.39 Å². The van der Waals surface area contributed by atoms with Crippen molar-refractivity contribution in [1.29, 1.82) is 0 Å². The molecule has 0 aliphatic carbocycles. The zero-order valence-corrected chi connectivity index (χ0v) is 16.7. The second-order valence-electron chi connectivity index (χ2n) is 7.43. The molecular weight excluding hydrogens is 351 g/mol. The molecular formula is C25H27FO2. The van der Waals surface area contributed by atoms with Crippen molar-refractivity contribution in [2.75, 3.05) is 6.61 Å². The molecule has 3 heteroatoms. The third-order valence-corrected chi connectivity index (χ3v) is 5.20. The number of hydrogen-bond acceptors (Lipinski definition) is 2. The fourth-order valence-electron chi connectivity index (χ4n) is 3.13. The first-order valence-electron chi connectivity index (χ1n) is 9.66. The molecule has 0 saturated carbocycles. The van der Waals surface area contributed by atoms with Crippen LogP contribution >= 0.6 is 0 Å². The maximum atomic E-state index is 13.6. The summed E-state index contributed by atoms with van der Waals surface area (Å²) in [6.45, 7) is 7.17. The van der Waals surface area contributed by atoms with Crippen LogP contribution in [0.15, 0.2) is 72.8 Å². The highest BCUT2D eigenvalue weighted by Crippen LogP contribution is 2.30. The van der Waals surface area contributed by atoms with Crippen molar-refractivity contribution in [2.45, 2.75) is 39.2 Å². The largest absolute Gasteiger partial charge is 0.457 e. The normalized spacial score (nSPS) is 13.1. The number of benzene rings is 3. The molecule has 3 rings (SSSR count). The Balaban J connectivity index is 1.63. The van der Waals surface area contributed by atoms with Crippen LogP contribution in [0, 0.1) is 12.7 Å². The minimum Gasteiger partial charge on any atom is -0.457 e. The van der Waals surface area contributed by atoms with Crippen LogP contribution in [0.2, 0.25) is 0 Å². The Morgan fingerprint density at radius 1 is 0.893 bits per heavy atom. The van der Waals surface area contributed by atoms with E-state index in [0.29, 0.717) is 18.8 Å². The highest BCUT2D eigenvalue weighted by Gasteiger charge is 2.25. The van der Waals surface area contributed by atoms with Crippen LogP contribution in [0.5, 0.6) is 11.5 Å². The monoisotopic (exact) mass is 378 g/mol. The Morgan fingerprint density at radius 3 is 2.36 bits per heavy atom. The van der Waals surface area contributed by atoms with E-state index in [2.05, 4.69) is 13.8 Å². The average molecular weight is 378 g/mol. The number of hydrogen-bond donors (Lipinski definition) is 0. The van der Waals surface area contributed by atoms with Crippen molar-refractivity contribution in [3.8, 4) is 11.5 Å². The fourth-order valence-corrected chi connectivity index (χ4v) is 3.13. The van der Waals surface area contributed by atoms with E-state index in [0.717, 1.165) is 29.0 Å². The summed E-state index contributed by atoms with van der Waals surface area (Å²) in [7, 11) is 0. The summed E-state index contributed by atoms with van der Waals surface area (Å²) < 4.78 is 25.6. The van der Waals surface area contributed by atoms with Gasteiger partial charge in [-0.05, 0) is 60.4 Å². The quantitative estimate of drug-likeness (QED) is 0.428. The summed E-state index contributed by atoms with van der Waals surface area (Å²) in [5.41, 5.74) is 2.68. The SMILES string of the molecule is CCC(C)(COCc1cccc(Oc2ccccc2)c1)c1ccc(F)c(C)c1. The molecule has 0 fully saturated rings. The van der Waals surface area contributed by atoms with Crippen LogP contribution in [0.3, 0.4) is 0 Å². The van der Waals surface area contributed by atoms with Crippen LogP contribution in [-0.2, 0) is 16.8 Å². The standard InChI is InChI=1S/C25H27FO2/c1-4-25(3,21-13-14-24(26)19(2)15-21)18-27-17-20-9-8-12-23(16-20)28-22-10-6-5-7-11-22/h5-16H,4,17-18H2,1-3H3. The van der Waals surface area contributed by atoms with Gasteiger partial charge in [-0.3, -0.25) is 0 Å². The lowest BCUT2D eigenvalue weighted by Crippen LogP contribution is -2.27. The van der Waals surface area contributed by atoms with Crippen molar-refractivity contribution < 1.29 is 13.9 Å². The lowest BCUT2D eigenvalue weighted by atomic mass is 9.80. The molecule has 28 heavy (non-hydrogen) atoms. The van der Waals surface area contributed by atoms with Crippen LogP contribution in [0.4, 0.5) is 4.39 Å². The number of ether oxygens (including phenoxy) is 2. The van der Waals surface area contributed by atoms with Crippen molar-refractivity contribution in [2.24, 2.45) is 0 Å². The Morgan fingerprint density at radius 2 is 1.64 bits per heavy atom. The van der Waals surface area contributed by atoms with E-state index in [1.165, 1.54) is 0 Å². The topological polar surface area (TPSA) is 18.5 Å². The number of aryl methyl sites for hydroxylation is 1. The molecule has 3 aromatic rings. The van der Waals surface area contributed by atoms with E-state index in [1.807, 2.05) is 66.7 Å². The molecule has 3 aromatic carbocycles. The van der Waals surface area contributed by atoms with Gasteiger partial charge in [0.15, 0.2) is 0 Å². The molecule has 0 aliphatic heterocycles. The van der Waals surface area contributed by atoms with Gasteiger partial charge in [0.2, 0.25) is 0 Å². The first kappa shape index (κ1) is 20.1. The third-order valence-electron chi connectivity index (χ3n) is 5.20. The van der Waals surface area contributed by atoms with E-state index < -0.39 is 0 Å². The molecule has 0 saturated heterocycles. The molecule has 0 aromatic heterocycles.